The van der Waals surface area contributed by atoms with Gasteiger partial charge in [-0.25, -0.2) is 9.82 Å². The molecule has 3 aromatic rings. The fourth-order valence-electron chi connectivity index (χ4n) is 2.11. The summed E-state index contributed by atoms with van der Waals surface area (Å²) >= 11 is 7.78. The van der Waals surface area contributed by atoms with E-state index in [9.17, 15) is 4.39 Å². The van der Waals surface area contributed by atoms with Gasteiger partial charge >= 0.3 is 0 Å². The summed E-state index contributed by atoms with van der Waals surface area (Å²) in [5.74, 6) is 5.94. The second-order valence-corrected chi connectivity index (χ2v) is 5.82. The molecule has 0 fully saturated rings. The number of hydrogen-bond donors (Lipinski definition) is 2. The molecule has 0 bridgehead atoms. The zero-order valence-electron chi connectivity index (χ0n) is 10.6. The quantitative estimate of drug-likeness (QED) is 0.564. The van der Waals surface area contributed by atoms with Crippen LogP contribution in [0.1, 0.15) is 22.2 Å². The van der Waals surface area contributed by atoms with Gasteiger partial charge in [-0.15, -0.1) is 11.3 Å². The number of hydrogen-bond acceptors (Lipinski definition) is 4. The van der Waals surface area contributed by atoms with Crippen molar-refractivity contribution in [3.63, 3.8) is 0 Å². The highest BCUT2D eigenvalue weighted by atomic mass is 35.5. The van der Waals surface area contributed by atoms with Crippen LogP contribution in [-0.4, -0.2) is 0 Å². The molecule has 0 saturated heterocycles. The minimum Gasteiger partial charge on any atom is -0.459 e. The van der Waals surface area contributed by atoms with Crippen molar-refractivity contribution >= 4 is 33.9 Å². The van der Waals surface area contributed by atoms with Crippen molar-refractivity contribution in [2.75, 3.05) is 0 Å². The van der Waals surface area contributed by atoms with Crippen LogP contribution < -0.4 is 11.3 Å². The maximum Gasteiger partial charge on any atom is 0.134 e. The number of fused-ring (bicyclic) bond motifs is 1. The van der Waals surface area contributed by atoms with Gasteiger partial charge in [-0.3, -0.25) is 5.84 Å². The Hall–Kier alpha value is -1.40. The lowest BCUT2D eigenvalue weighted by Gasteiger charge is -2.12. The van der Waals surface area contributed by atoms with E-state index in [0.29, 0.717) is 21.8 Å². The molecule has 3 nitrogen and oxygen atoms in total. The van der Waals surface area contributed by atoms with Gasteiger partial charge in [0.25, 0.3) is 0 Å². The molecule has 0 aliphatic rings. The molecule has 2 aromatic heterocycles. The SMILES string of the molecule is Cc1csc(C(NN)c2cc3cc(F)ccc3o2)c1Cl. The molecule has 3 N–H and O–H groups in total. The van der Waals surface area contributed by atoms with Crippen LogP contribution in [-0.2, 0) is 0 Å². The molecule has 2 heterocycles. The number of thiophene rings is 1. The predicted molar refractivity (Wildman–Crippen MR) is 79.4 cm³/mol. The van der Waals surface area contributed by atoms with Crippen molar-refractivity contribution in [3.8, 4) is 0 Å². The molecule has 104 valence electrons. The highest BCUT2D eigenvalue weighted by molar-refractivity contribution is 7.10. The maximum absolute atomic E-state index is 13.2. The van der Waals surface area contributed by atoms with E-state index in [1.807, 2.05) is 12.3 Å². The summed E-state index contributed by atoms with van der Waals surface area (Å²) < 4.78 is 19.0. The van der Waals surface area contributed by atoms with E-state index in [0.717, 1.165) is 10.4 Å². The Labute approximate surface area is 124 Å². The lowest BCUT2D eigenvalue weighted by atomic mass is 10.1. The fraction of sp³-hybridized carbons (Fsp3) is 0.143. The normalized spacial score (nSPS) is 13.0. The molecule has 0 spiro atoms. The fourth-order valence-corrected chi connectivity index (χ4v) is 3.48. The van der Waals surface area contributed by atoms with E-state index in [2.05, 4.69) is 5.43 Å². The van der Waals surface area contributed by atoms with Crippen LogP contribution in [0.15, 0.2) is 34.1 Å². The molecule has 3 rings (SSSR count). The minimum absolute atomic E-state index is 0.299. The van der Waals surface area contributed by atoms with Gasteiger partial charge in [0.2, 0.25) is 0 Å². The average Bonchev–Trinajstić information content (AvgIpc) is 2.97. The summed E-state index contributed by atoms with van der Waals surface area (Å²) in [7, 11) is 0. The molecule has 0 saturated carbocycles. The standard InChI is InChI=1S/C14H12ClFN2OS/c1-7-6-20-14(12(7)15)13(18-17)11-5-8-4-9(16)2-3-10(8)19-11/h2-6,13,18H,17H2,1H3. The predicted octanol–water partition coefficient (Wildman–Crippen LogP) is 4.15. The van der Waals surface area contributed by atoms with Gasteiger partial charge < -0.3 is 4.42 Å². The molecule has 6 heteroatoms. The lowest BCUT2D eigenvalue weighted by Crippen LogP contribution is -2.28. The molecule has 1 unspecified atom stereocenters. The van der Waals surface area contributed by atoms with Crippen molar-refractivity contribution in [2.45, 2.75) is 13.0 Å². The highest BCUT2D eigenvalue weighted by Crippen LogP contribution is 2.37. The number of halogens is 2. The number of rotatable bonds is 3. The molecule has 0 radical (unpaired) electrons. The Morgan fingerprint density at radius 3 is 2.85 bits per heavy atom. The first kappa shape index (κ1) is 13.6. The molecular weight excluding hydrogens is 299 g/mol. The molecule has 20 heavy (non-hydrogen) atoms. The summed E-state index contributed by atoms with van der Waals surface area (Å²) in [6, 6.07) is 5.81. The Morgan fingerprint density at radius 1 is 1.40 bits per heavy atom. The molecule has 0 amide bonds. The number of nitrogens with two attached hydrogens (primary N) is 1. The summed E-state index contributed by atoms with van der Waals surface area (Å²) in [5.41, 5.74) is 4.31. The molecule has 0 aliphatic heterocycles. The largest absolute Gasteiger partial charge is 0.459 e. The smallest absolute Gasteiger partial charge is 0.134 e. The zero-order chi connectivity index (χ0) is 14.3. The Balaban J connectivity index is 2.09. The minimum atomic E-state index is -0.350. The van der Waals surface area contributed by atoms with Gasteiger partial charge in [0, 0.05) is 10.3 Å². The van der Waals surface area contributed by atoms with Crippen LogP contribution in [0.5, 0.6) is 0 Å². The van der Waals surface area contributed by atoms with E-state index in [1.165, 1.54) is 23.5 Å². The second kappa shape index (κ2) is 5.18. The van der Waals surface area contributed by atoms with E-state index in [4.69, 9.17) is 21.9 Å². The Bertz CT molecular complexity index is 768. The highest BCUT2D eigenvalue weighted by Gasteiger charge is 2.22. The first-order chi connectivity index (χ1) is 9.60. The van der Waals surface area contributed by atoms with Gasteiger partial charge in [0.15, 0.2) is 0 Å². The van der Waals surface area contributed by atoms with Crippen molar-refractivity contribution in [2.24, 2.45) is 5.84 Å². The number of hydrazine groups is 1. The number of nitrogens with one attached hydrogen (secondary N) is 1. The molecule has 0 aliphatic carbocycles. The van der Waals surface area contributed by atoms with Crippen LogP contribution >= 0.6 is 22.9 Å². The van der Waals surface area contributed by atoms with E-state index in [-0.39, 0.29) is 11.9 Å². The molecule has 1 atom stereocenters. The third-order valence-electron chi connectivity index (χ3n) is 3.14. The number of furan rings is 1. The average molecular weight is 311 g/mol. The summed E-state index contributed by atoms with van der Waals surface area (Å²) in [4.78, 5) is 0.881. The van der Waals surface area contributed by atoms with Crippen LogP contribution in [0.3, 0.4) is 0 Å². The van der Waals surface area contributed by atoms with E-state index in [1.54, 1.807) is 12.1 Å². The van der Waals surface area contributed by atoms with E-state index >= 15 is 0 Å². The monoisotopic (exact) mass is 310 g/mol. The third kappa shape index (κ3) is 2.23. The van der Waals surface area contributed by atoms with Gasteiger partial charge in [0.1, 0.15) is 23.2 Å². The lowest BCUT2D eigenvalue weighted by molar-refractivity contribution is 0.481. The summed E-state index contributed by atoms with van der Waals surface area (Å²) in [6.45, 7) is 1.93. The van der Waals surface area contributed by atoms with Gasteiger partial charge in [-0.05, 0) is 42.1 Å². The topological polar surface area (TPSA) is 51.2 Å². The Morgan fingerprint density at radius 2 is 2.20 bits per heavy atom. The second-order valence-electron chi connectivity index (χ2n) is 4.53. The molecule has 1 aromatic carbocycles. The number of aryl methyl sites for hydroxylation is 1. The van der Waals surface area contributed by atoms with Crippen molar-refractivity contribution in [1.82, 2.24) is 5.43 Å². The van der Waals surface area contributed by atoms with Gasteiger partial charge in [-0.1, -0.05) is 11.6 Å². The van der Waals surface area contributed by atoms with Crippen LogP contribution in [0.2, 0.25) is 5.02 Å². The number of benzene rings is 1. The molecular formula is C14H12ClFN2OS. The maximum atomic E-state index is 13.2. The van der Waals surface area contributed by atoms with Crippen molar-refractivity contribution < 1.29 is 8.81 Å². The Kier molecular flexibility index (Phi) is 3.52. The summed E-state index contributed by atoms with van der Waals surface area (Å²) in [5, 5.41) is 3.33. The van der Waals surface area contributed by atoms with Crippen LogP contribution in [0, 0.1) is 12.7 Å². The van der Waals surface area contributed by atoms with Crippen LogP contribution in [0.25, 0.3) is 11.0 Å². The first-order valence-electron chi connectivity index (χ1n) is 5.98. The van der Waals surface area contributed by atoms with Crippen LogP contribution in [0.4, 0.5) is 4.39 Å². The third-order valence-corrected chi connectivity index (χ3v) is 4.91. The summed E-state index contributed by atoms with van der Waals surface area (Å²) in [6.07, 6.45) is 0. The zero-order valence-corrected chi connectivity index (χ0v) is 12.2. The van der Waals surface area contributed by atoms with Gasteiger partial charge in [-0.2, -0.15) is 0 Å². The van der Waals surface area contributed by atoms with E-state index < -0.39 is 0 Å². The van der Waals surface area contributed by atoms with Gasteiger partial charge in [0.05, 0.1) is 5.02 Å². The van der Waals surface area contributed by atoms with Crippen molar-refractivity contribution in [1.29, 1.82) is 0 Å². The van der Waals surface area contributed by atoms with Crippen molar-refractivity contribution in [3.05, 3.63) is 56.7 Å². The first-order valence-corrected chi connectivity index (χ1v) is 7.24.